The summed E-state index contributed by atoms with van der Waals surface area (Å²) in [5, 5.41) is 1.80. The van der Waals surface area contributed by atoms with Crippen LogP contribution in [0.5, 0.6) is 5.75 Å². The molecule has 2 aromatic carbocycles. The molecule has 0 aliphatic heterocycles. The third kappa shape index (κ3) is 4.69. The van der Waals surface area contributed by atoms with E-state index in [1.165, 1.54) is 25.3 Å². The molecule has 0 radical (unpaired) electrons. The minimum Gasteiger partial charge on any atom is -0.495 e. The summed E-state index contributed by atoms with van der Waals surface area (Å²) in [5.41, 5.74) is -0.0174. The number of halogens is 2. The predicted octanol–water partition coefficient (Wildman–Crippen LogP) is 3.50. The van der Waals surface area contributed by atoms with Gasteiger partial charge in [0.25, 0.3) is 5.91 Å². The molecular weight excluding hydrogens is 421 g/mol. The van der Waals surface area contributed by atoms with Crippen molar-refractivity contribution in [1.82, 2.24) is 9.97 Å². The van der Waals surface area contributed by atoms with Gasteiger partial charge in [0.15, 0.2) is 5.69 Å². The van der Waals surface area contributed by atoms with E-state index in [9.17, 15) is 17.6 Å². The Labute approximate surface area is 171 Å². The summed E-state index contributed by atoms with van der Waals surface area (Å²) in [5.74, 6) is -1.67. The highest BCUT2D eigenvalue weighted by atomic mass is 35.5. The second-order valence-electron chi connectivity index (χ2n) is 5.85. The lowest BCUT2D eigenvalue weighted by Gasteiger charge is -2.11. The van der Waals surface area contributed by atoms with Gasteiger partial charge in [0.05, 0.1) is 29.8 Å². The molecular formula is C19H15ClFN3O4S. The monoisotopic (exact) mass is 435 g/mol. The number of nitrogens with zero attached hydrogens (tertiary/aromatic N) is 2. The van der Waals surface area contributed by atoms with Crippen molar-refractivity contribution in [3.63, 3.8) is 0 Å². The Hall–Kier alpha value is -3.04. The zero-order chi connectivity index (χ0) is 21.0. The Morgan fingerprint density at radius 2 is 1.86 bits per heavy atom. The van der Waals surface area contributed by atoms with Crippen molar-refractivity contribution in [2.75, 3.05) is 12.4 Å². The normalized spacial score (nSPS) is 11.1. The van der Waals surface area contributed by atoms with Crippen molar-refractivity contribution in [3.8, 4) is 5.75 Å². The number of nitrogens with one attached hydrogen (secondary N) is 1. The Balaban J connectivity index is 1.91. The number of sulfone groups is 1. The smallest absolute Gasteiger partial charge is 0.276 e. The first-order valence-corrected chi connectivity index (χ1v) is 10.3. The lowest BCUT2D eigenvalue weighted by Crippen LogP contribution is -2.18. The molecule has 0 fully saturated rings. The molecule has 0 atom stereocenters. The van der Waals surface area contributed by atoms with Gasteiger partial charge in [-0.3, -0.25) is 4.79 Å². The first kappa shape index (κ1) is 20.7. The number of carbonyl (C=O) groups excluding carboxylic acids is 1. The van der Waals surface area contributed by atoms with Gasteiger partial charge in [-0.05, 0) is 18.2 Å². The van der Waals surface area contributed by atoms with Crippen LogP contribution in [-0.4, -0.2) is 31.4 Å². The van der Waals surface area contributed by atoms with Crippen LogP contribution in [0.4, 0.5) is 10.1 Å². The van der Waals surface area contributed by atoms with Crippen LogP contribution >= 0.6 is 11.6 Å². The fraction of sp³-hybridized carbons (Fsp3) is 0.105. The number of hydrogen-bond acceptors (Lipinski definition) is 6. The van der Waals surface area contributed by atoms with E-state index in [0.717, 1.165) is 12.3 Å². The SMILES string of the molecule is COc1ccccc1NC(=O)c1nc(S(=O)(=O)Cc2ccccc2F)ncc1Cl. The summed E-state index contributed by atoms with van der Waals surface area (Å²) in [7, 11) is -2.68. The molecule has 0 aliphatic rings. The van der Waals surface area contributed by atoms with Gasteiger partial charge in [0, 0.05) is 5.56 Å². The molecule has 0 saturated carbocycles. The molecule has 1 aromatic heterocycles. The summed E-state index contributed by atoms with van der Waals surface area (Å²) in [6.07, 6.45) is 1.01. The summed E-state index contributed by atoms with van der Waals surface area (Å²) in [4.78, 5) is 20.1. The maximum atomic E-state index is 13.8. The number of carbonyl (C=O) groups is 1. The Morgan fingerprint density at radius 3 is 2.59 bits per heavy atom. The van der Waals surface area contributed by atoms with Crippen LogP contribution in [-0.2, 0) is 15.6 Å². The van der Waals surface area contributed by atoms with Gasteiger partial charge >= 0.3 is 0 Å². The van der Waals surface area contributed by atoms with Crippen molar-refractivity contribution in [3.05, 3.63) is 76.8 Å². The first-order valence-electron chi connectivity index (χ1n) is 8.25. The van der Waals surface area contributed by atoms with Gasteiger partial charge in [0.1, 0.15) is 11.6 Å². The maximum Gasteiger partial charge on any atom is 0.276 e. The average molecular weight is 436 g/mol. The van der Waals surface area contributed by atoms with Gasteiger partial charge in [-0.15, -0.1) is 0 Å². The third-order valence-electron chi connectivity index (χ3n) is 3.87. The number of para-hydroxylation sites is 2. The number of amides is 1. The molecule has 7 nitrogen and oxygen atoms in total. The van der Waals surface area contributed by atoms with Gasteiger partial charge < -0.3 is 10.1 Å². The molecule has 1 heterocycles. The predicted molar refractivity (Wildman–Crippen MR) is 105 cm³/mol. The fourth-order valence-electron chi connectivity index (χ4n) is 2.47. The fourth-order valence-corrected chi connectivity index (χ4v) is 3.87. The lowest BCUT2D eigenvalue weighted by molar-refractivity contribution is 0.102. The zero-order valence-corrected chi connectivity index (χ0v) is 16.7. The summed E-state index contributed by atoms with van der Waals surface area (Å²) >= 11 is 5.99. The van der Waals surface area contributed by atoms with Crippen LogP contribution < -0.4 is 10.1 Å². The Kier molecular flexibility index (Phi) is 6.09. The van der Waals surface area contributed by atoms with E-state index in [1.54, 1.807) is 24.3 Å². The molecule has 3 rings (SSSR count). The number of benzene rings is 2. The van der Waals surface area contributed by atoms with Gasteiger partial charge in [0.2, 0.25) is 15.0 Å². The molecule has 0 spiro atoms. The molecule has 1 amide bonds. The molecule has 0 aliphatic carbocycles. The van der Waals surface area contributed by atoms with Crippen molar-refractivity contribution in [1.29, 1.82) is 0 Å². The van der Waals surface area contributed by atoms with Crippen molar-refractivity contribution >= 4 is 33.0 Å². The minimum absolute atomic E-state index is 0.0360. The molecule has 10 heteroatoms. The quantitative estimate of drug-likeness (QED) is 0.595. The average Bonchev–Trinajstić information content (AvgIpc) is 2.70. The third-order valence-corrected chi connectivity index (χ3v) is 5.59. The number of methoxy groups -OCH3 is 1. The number of hydrogen-bond donors (Lipinski definition) is 1. The summed E-state index contributed by atoms with van der Waals surface area (Å²) in [6, 6.07) is 12.1. The van der Waals surface area contributed by atoms with E-state index in [1.807, 2.05) is 0 Å². The minimum atomic E-state index is -4.12. The van der Waals surface area contributed by atoms with Crippen LogP contribution in [0.3, 0.4) is 0 Å². The number of anilines is 1. The highest BCUT2D eigenvalue weighted by Crippen LogP contribution is 2.25. The van der Waals surface area contributed by atoms with Crippen LogP contribution in [0.15, 0.2) is 59.9 Å². The summed E-state index contributed by atoms with van der Waals surface area (Å²) < 4.78 is 44.2. The van der Waals surface area contributed by atoms with E-state index in [2.05, 4.69) is 15.3 Å². The van der Waals surface area contributed by atoms with Gasteiger partial charge in [-0.25, -0.2) is 22.8 Å². The number of ether oxygens (including phenoxy) is 1. The second kappa shape index (κ2) is 8.54. The summed E-state index contributed by atoms with van der Waals surface area (Å²) in [6.45, 7) is 0. The Morgan fingerprint density at radius 1 is 1.17 bits per heavy atom. The van der Waals surface area contributed by atoms with Crippen LogP contribution in [0.2, 0.25) is 5.02 Å². The largest absolute Gasteiger partial charge is 0.495 e. The molecule has 0 saturated heterocycles. The lowest BCUT2D eigenvalue weighted by atomic mass is 10.2. The molecule has 29 heavy (non-hydrogen) atoms. The van der Waals surface area contributed by atoms with Gasteiger partial charge in [-0.2, -0.15) is 0 Å². The van der Waals surface area contributed by atoms with Crippen LogP contribution in [0.1, 0.15) is 16.1 Å². The zero-order valence-electron chi connectivity index (χ0n) is 15.1. The standard InChI is InChI=1S/C19H15ClFN3O4S/c1-28-16-9-5-4-8-15(16)23-18(25)17-13(20)10-22-19(24-17)29(26,27)11-12-6-2-3-7-14(12)21/h2-10H,11H2,1H3,(H,23,25). The molecule has 3 aromatic rings. The van der Waals surface area contributed by atoms with Crippen LogP contribution in [0, 0.1) is 5.82 Å². The maximum absolute atomic E-state index is 13.8. The molecule has 0 bridgehead atoms. The molecule has 0 unspecified atom stereocenters. The van der Waals surface area contributed by atoms with Crippen molar-refractivity contribution in [2.45, 2.75) is 10.9 Å². The van der Waals surface area contributed by atoms with Crippen molar-refractivity contribution in [2.24, 2.45) is 0 Å². The topological polar surface area (TPSA) is 98.2 Å². The van der Waals surface area contributed by atoms with Crippen molar-refractivity contribution < 1.29 is 22.3 Å². The Bertz CT molecular complexity index is 1170. The molecule has 150 valence electrons. The molecule has 1 N–H and O–H groups in total. The highest BCUT2D eigenvalue weighted by molar-refractivity contribution is 7.90. The number of aromatic nitrogens is 2. The second-order valence-corrected chi connectivity index (χ2v) is 8.14. The first-order chi connectivity index (χ1) is 13.8. The van der Waals surface area contributed by atoms with E-state index < -0.39 is 32.5 Å². The van der Waals surface area contributed by atoms with E-state index in [4.69, 9.17) is 16.3 Å². The van der Waals surface area contributed by atoms with E-state index in [-0.39, 0.29) is 16.3 Å². The number of rotatable bonds is 6. The van der Waals surface area contributed by atoms with E-state index >= 15 is 0 Å². The van der Waals surface area contributed by atoms with Gasteiger partial charge in [-0.1, -0.05) is 41.9 Å². The van der Waals surface area contributed by atoms with E-state index in [0.29, 0.717) is 11.4 Å². The van der Waals surface area contributed by atoms with Crippen LogP contribution in [0.25, 0.3) is 0 Å². The highest BCUT2D eigenvalue weighted by Gasteiger charge is 2.24.